The number of hydrogen-bond acceptors (Lipinski definition) is 4. The standard InChI is InChI=1S/C15H20ClNO3/c1-11-9-17(10-14(11)15(18)19-2)7-8-20-13-5-3-12(16)4-6-13/h3-6,11,14H,7-10H2,1-2H3. The zero-order valence-corrected chi connectivity index (χ0v) is 12.6. The molecule has 1 heterocycles. The van der Waals surface area contributed by atoms with Crippen molar-refractivity contribution in [1.29, 1.82) is 0 Å². The van der Waals surface area contributed by atoms with E-state index in [1.165, 1.54) is 7.11 Å². The van der Waals surface area contributed by atoms with Crippen LogP contribution in [0.2, 0.25) is 5.02 Å². The van der Waals surface area contributed by atoms with Gasteiger partial charge in [0.25, 0.3) is 0 Å². The minimum Gasteiger partial charge on any atom is -0.492 e. The van der Waals surface area contributed by atoms with Crippen LogP contribution in [0, 0.1) is 11.8 Å². The third kappa shape index (κ3) is 3.87. The van der Waals surface area contributed by atoms with Gasteiger partial charge in [-0.2, -0.15) is 0 Å². The molecule has 110 valence electrons. The highest BCUT2D eigenvalue weighted by Crippen LogP contribution is 2.23. The predicted molar refractivity (Wildman–Crippen MR) is 78.1 cm³/mol. The molecule has 1 fully saturated rings. The Bertz CT molecular complexity index is 449. The van der Waals surface area contributed by atoms with E-state index >= 15 is 0 Å². The molecule has 2 rings (SSSR count). The summed E-state index contributed by atoms with van der Waals surface area (Å²) in [6.07, 6.45) is 0. The number of carbonyl (C=O) groups excluding carboxylic acids is 1. The van der Waals surface area contributed by atoms with E-state index in [-0.39, 0.29) is 11.9 Å². The van der Waals surface area contributed by atoms with E-state index in [1.807, 2.05) is 24.3 Å². The Hall–Kier alpha value is -1.26. The van der Waals surface area contributed by atoms with Gasteiger partial charge in [-0.25, -0.2) is 0 Å². The van der Waals surface area contributed by atoms with Gasteiger partial charge in [-0.15, -0.1) is 0 Å². The molecule has 0 saturated carbocycles. The van der Waals surface area contributed by atoms with Gasteiger partial charge in [-0.1, -0.05) is 18.5 Å². The largest absolute Gasteiger partial charge is 0.492 e. The van der Waals surface area contributed by atoms with Crippen LogP contribution < -0.4 is 4.74 Å². The molecule has 0 N–H and O–H groups in total. The minimum atomic E-state index is -0.112. The van der Waals surface area contributed by atoms with Gasteiger partial charge in [0.2, 0.25) is 0 Å². The van der Waals surface area contributed by atoms with E-state index in [0.717, 1.165) is 25.4 Å². The van der Waals surface area contributed by atoms with Crippen LogP contribution in [0.15, 0.2) is 24.3 Å². The van der Waals surface area contributed by atoms with Crippen LogP contribution in [0.25, 0.3) is 0 Å². The molecule has 20 heavy (non-hydrogen) atoms. The van der Waals surface area contributed by atoms with Crippen molar-refractivity contribution in [3.63, 3.8) is 0 Å². The molecule has 5 heteroatoms. The van der Waals surface area contributed by atoms with E-state index in [4.69, 9.17) is 21.1 Å². The first-order valence-corrected chi connectivity index (χ1v) is 7.16. The van der Waals surface area contributed by atoms with Crippen molar-refractivity contribution in [2.45, 2.75) is 6.92 Å². The fourth-order valence-corrected chi connectivity index (χ4v) is 2.66. The maximum absolute atomic E-state index is 11.6. The summed E-state index contributed by atoms with van der Waals surface area (Å²) in [5.41, 5.74) is 0. The summed E-state index contributed by atoms with van der Waals surface area (Å²) in [7, 11) is 1.45. The van der Waals surface area contributed by atoms with Crippen LogP contribution in [0.4, 0.5) is 0 Å². The van der Waals surface area contributed by atoms with E-state index < -0.39 is 0 Å². The average Bonchev–Trinajstić information content (AvgIpc) is 2.81. The molecule has 1 saturated heterocycles. The Labute approximate surface area is 124 Å². The van der Waals surface area contributed by atoms with Gasteiger partial charge in [-0.05, 0) is 30.2 Å². The molecule has 1 aromatic rings. The van der Waals surface area contributed by atoms with Crippen molar-refractivity contribution in [2.24, 2.45) is 11.8 Å². The van der Waals surface area contributed by atoms with Gasteiger partial charge >= 0.3 is 5.97 Å². The van der Waals surface area contributed by atoms with Gasteiger partial charge in [-0.3, -0.25) is 9.69 Å². The summed E-state index contributed by atoms with van der Waals surface area (Å²) in [5, 5.41) is 0.701. The molecule has 0 radical (unpaired) electrons. The lowest BCUT2D eigenvalue weighted by Gasteiger charge is -2.15. The highest BCUT2D eigenvalue weighted by Gasteiger charge is 2.35. The Balaban J connectivity index is 1.75. The molecule has 1 aliphatic heterocycles. The second-order valence-corrected chi connectivity index (χ2v) is 5.61. The smallest absolute Gasteiger partial charge is 0.310 e. The number of hydrogen-bond donors (Lipinski definition) is 0. The zero-order valence-electron chi connectivity index (χ0n) is 11.8. The monoisotopic (exact) mass is 297 g/mol. The number of likely N-dealkylation sites (tertiary alicyclic amines) is 1. The number of methoxy groups -OCH3 is 1. The van der Waals surface area contributed by atoms with Gasteiger partial charge in [0.15, 0.2) is 0 Å². The van der Waals surface area contributed by atoms with Crippen LogP contribution in [0.1, 0.15) is 6.92 Å². The lowest BCUT2D eigenvalue weighted by Crippen LogP contribution is -2.28. The number of halogens is 1. The summed E-state index contributed by atoms with van der Waals surface area (Å²) < 4.78 is 10.5. The first-order chi connectivity index (χ1) is 9.60. The molecule has 2 atom stereocenters. The molecule has 0 aromatic heterocycles. The van der Waals surface area contributed by atoms with Crippen LogP contribution in [0.5, 0.6) is 5.75 Å². The third-order valence-corrected chi connectivity index (χ3v) is 3.93. The molecule has 1 aromatic carbocycles. The fraction of sp³-hybridized carbons (Fsp3) is 0.533. The maximum Gasteiger partial charge on any atom is 0.310 e. The van der Waals surface area contributed by atoms with Crippen molar-refractivity contribution < 1.29 is 14.3 Å². The quantitative estimate of drug-likeness (QED) is 0.783. The van der Waals surface area contributed by atoms with Crippen LogP contribution in [-0.4, -0.2) is 44.2 Å². The van der Waals surface area contributed by atoms with E-state index in [2.05, 4.69) is 11.8 Å². The number of carbonyl (C=O) groups is 1. The van der Waals surface area contributed by atoms with E-state index in [9.17, 15) is 4.79 Å². The van der Waals surface area contributed by atoms with Crippen LogP contribution in [-0.2, 0) is 9.53 Å². The molecule has 4 nitrogen and oxygen atoms in total. The minimum absolute atomic E-state index is 0.0180. The number of benzene rings is 1. The first kappa shape index (κ1) is 15.1. The SMILES string of the molecule is COC(=O)C1CN(CCOc2ccc(Cl)cc2)CC1C. The fourth-order valence-electron chi connectivity index (χ4n) is 2.53. The van der Waals surface area contributed by atoms with Crippen LogP contribution in [0.3, 0.4) is 0 Å². The highest BCUT2D eigenvalue weighted by molar-refractivity contribution is 6.30. The molecule has 2 unspecified atom stereocenters. The third-order valence-electron chi connectivity index (χ3n) is 3.68. The van der Waals surface area contributed by atoms with E-state index in [1.54, 1.807) is 0 Å². The second-order valence-electron chi connectivity index (χ2n) is 5.17. The Kier molecular flexibility index (Phi) is 5.26. The molecular weight excluding hydrogens is 278 g/mol. The van der Waals surface area contributed by atoms with Crippen molar-refractivity contribution >= 4 is 17.6 Å². The van der Waals surface area contributed by atoms with Gasteiger partial charge < -0.3 is 9.47 Å². The number of esters is 1. The lowest BCUT2D eigenvalue weighted by atomic mass is 9.99. The molecular formula is C15H20ClNO3. The first-order valence-electron chi connectivity index (χ1n) is 6.78. The summed E-state index contributed by atoms with van der Waals surface area (Å²) in [5.74, 6) is 1.01. The van der Waals surface area contributed by atoms with Crippen molar-refractivity contribution in [3.05, 3.63) is 29.3 Å². The van der Waals surface area contributed by atoms with Gasteiger partial charge in [0.05, 0.1) is 13.0 Å². The van der Waals surface area contributed by atoms with Crippen molar-refractivity contribution in [3.8, 4) is 5.75 Å². The van der Waals surface area contributed by atoms with Crippen molar-refractivity contribution in [1.82, 2.24) is 4.90 Å². The van der Waals surface area contributed by atoms with Gasteiger partial charge in [0.1, 0.15) is 12.4 Å². The molecule has 1 aliphatic rings. The van der Waals surface area contributed by atoms with Crippen molar-refractivity contribution in [2.75, 3.05) is 33.4 Å². The second kappa shape index (κ2) is 6.95. The Morgan fingerprint density at radius 1 is 1.35 bits per heavy atom. The summed E-state index contributed by atoms with van der Waals surface area (Å²) >= 11 is 5.82. The predicted octanol–water partition coefficient (Wildman–Crippen LogP) is 2.46. The summed E-state index contributed by atoms with van der Waals surface area (Å²) in [6.45, 7) is 5.14. The Morgan fingerprint density at radius 3 is 2.70 bits per heavy atom. The highest BCUT2D eigenvalue weighted by atomic mass is 35.5. The topological polar surface area (TPSA) is 38.8 Å². The van der Waals surface area contributed by atoms with Gasteiger partial charge in [0, 0.05) is 24.7 Å². The lowest BCUT2D eigenvalue weighted by molar-refractivity contribution is -0.146. The maximum atomic E-state index is 11.6. The number of ether oxygens (including phenoxy) is 2. The Morgan fingerprint density at radius 2 is 2.05 bits per heavy atom. The number of rotatable bonds is 5. The molecule has 0 amide bonds. The van der Waals surface area contributed by atoms with E-state index in [0.29, 0.717) is 17.5 Å². The number of nitrogens with zero attached hydrogens (tertiary/aromatic N) is 1. The summed E-state index contributed by atoms with van der Waals surface area (Å²) in [6, 6.07) is 7.32. The average molecular weight is 298 g/mol. The molecule has 0 spiro atoms. The molecule has 0 aliphatic carbocycles. The normalized spacial score (nSPS) is 22.8. The van der Waals surface area contributed by atoms with Crippen LogP contribution >= 0.6 is 11.6 Å². The zero-order chi connectivity index (χ0) is 14.5. The summed E-state index contributed by atoms with van der Waals surface area (Å²) in [4.78, 5) is 13.8. The molecule has 0 bridgehead atoms.